The van der Waals surface area contributed by atoms with Crippen molar-refractivity contribution in [3.05, 3.63) is 66.2 Å². The third-order valence-electron chi connectivity index (χ3n) is 4.15. The molecule has 1 N–H and O–H groups in total. The minimum atomic E-state index is 0.433. The lowest BCUT2D eigenvalue weighted by Gasteiger charge is -2.30. The third kappa shape index (κ3) is 4.09. The maximum absolute atomic E-state index is 5.87. The summed E-state index contributed by atoms with van der Waals surface area (Å²) in [5, 5.41) is 3.55. The van der Waals surface area contributed by atoms with Crippen LogP contribution in [0.4, 0.5) is 0 Å². The highest BCUT2D eigenvalue weighted by atomic mass is 16.5. The lowest BCUT2D eigenvalue weighted by Crippen LogP contribution is -2.35. The summed E-state index contributed by atoms with van der Waals surface area (Å²) in [7, 11) is 0. The van der Waals surface area contributed by atoms with E-state index in [1.807, 2.05) is 30.3 Å². The summed E-state index contributed by atoms with van der Waals surface area (Å²) in [5.74, 6) is 0.951. The van der Waals surface area contributed by atoms with Gasteiger partial charge in [0.1, 0.15) is 12.4 Å². The molecular formula is C19H24N2O. The second-order valence-electron chi connectivity index (χ2n) is 5.68. The highest BCUT2D eigenvalue weighted by Crippen LogP contribution is 2.21. The average Bonchev–Trinajstić information content (AvgIpc) is 2.82. The van der Waals surface area contributed by atoms with Gasteiger partial charge in [0.2, 0.25) is 0 Å². The summed E-state index contributed by atoms with van der Waals surface area (Å²) in [6.45, 7) is 4.91. The van der Waals surface area contributed by atoms with Gasteiger partial charge in [-0.25, -0.2) is 0 Å². The number of hydrogen-bond donors (Lipinski definition) is 1. The van der Waals surface area contributed by atoms with E-state index < -0.39 is 0 Å². The molecule has 2 aromatic rings. The van der Waals surface area contributed by atoms with Crippen molar-refractivity contribution in [2.75, 3.05) is 32.8 Å². The Kier molecular flexibility index (Phi) is 5.46. The lowest BCUT2D eigenvalue weighted by atomic mass is 10.1. The average molecular weight is 296 g/mol. The normalized spacial score (nSPS) is 19.5. The quantitative estimate of drug-likeness (QED) is 0.917. The SMILES string of the molecule is c1ccc(OCCN2CCCNCC2c2ccccc2)cc1. The van der Waals surface area contributed by atoms with Crippen LogP contribution >= 0.6 is 0 Å². The Labute approximate surface area is 132 Å². The minimum absolute atomic E-state index is 0.433. The first-order valence-electron chi connectivity index (χ1n) is 8.11. The van der Waals surface area contributed by atoms with Crippen LogP contribution in [0.3, 0.4) is 0 Å². The zero-order valence-electron chi connectivity index (χ0n) is 12.9. The molecule has 0 saturated carbocycles. The fourth-order valence-electron chi connectivity index (χ4n) is 3.00. The van der Waals surface area contributed by atoms with Gasteiger partial charge in [-0.2, -0.15) is 0 Å². The van der Waals surface area contributed by atoms with Crippen LogP contribution in [-0.2, 0) is 0 Å². The van der Waals surface area contributed by atoms with Crippen molar-refractivity contribution >= 4 is 0 Å². The van der Waals surface area contributed by atoms with Crippen LogP contribution in [0.2, 0.25) is 0 Å². The van der Waals surface area contributed by atoms with Crippen molar-refractivity contribution in [2.24, 2.45) is 0 Å². The first kappa shape index (κ1) is 15.1. The molecular weight excluding hydrogens is 272 g/mol. The van der Waals surface area contributed by atoms with Gasteiger partial charge >= 0.3 is 0 Å². The summed E-state index contributed by atoms with van der Waals surface area (Å²) in [6.07, 6.45) is 1.19. The molecule has 3 nitrogen and oxygen atoms in total. The summed E-state index contributed by atoms with van der Waals surface area (Å²) in [6, 6.07) is 21.3. The number of hydrogen-bond acceptors (Lipinski definition) is 3. The maximum Gasteiger partial charge on any atom is 0.119 e. The Morgan fingerprint density at radius 3 is 2.50 bits per heavy atom. The lowest BCUT2D eigenvalue weighted by molar-refractivity contribution is 0.168. The van der Waals surface area contributed by atoms with E-state index in [4.69, 9.17) is 4.74 Å². The second kappa shape index (κ2) is 7.97. The molecule has 0 aromatic heterocycles. The van der Waals surface area contributed by atoms with Crippen molar-refractivity contribution in [3.63, 3.8) is 0 Å². The minimum Gasteiger partial charge on any atom is -0.492 e. The van der Waals surface area contributed by atoms with Gasteiger partial charge in [0.15, 0.2) is 0 Å². The van der Waals surface area contributed by atoms with Crippen LogP contribution in [0.25, 0.3) is 0 Å². The van der Waals surface area contributed by atoms with Gasteiger partial charge in [-0.3, -0.25) is 4.90 Å². The van der Waals surface area contributed by atoms with E-state index in [0.29, 0.717) is 6.04 Å². The van der Waals surface area contributed by atoms with Crippen LogP contribution in [0.5, 0.6) is 5.75 Å². The molecule has 0 radical (unpaired) electrons. The zero-order chi connectivity index (χ0) is 15.0. The van der Waals surface area contributed by atoms with E-state index >= 15 is 0 Å². The highest BCUT2D eigenvalue weighted by Gasteiger charge is 2.21. The molecule has 1 heterocycles. The van der Waals surface area contributed by atoms with Crippen LogP contribution in [-0.4, -0.2) is 37.7 Å². The molecule has 1 atom stereocenters. The smallest absolute Gasteiger partial charge is 0.119 e. The van der Waals surface area contributed by atoms with E-state index in [0.717, 1.165) is 38.5 Å². The molecule has 0 spiro atoms. The summed E-state index contributed by atoms with van der Waals surface area (Å²) in [4.78, 5) is 2.54. The molecule has 116 valence electrons. The van der Waals surface area contributed by atoms with E-state index in [1.165, 1.54) is 12.0 Å². The van der Waals surface area contributed by atoms with Crippen molar-refractivity contribution < 1.29 is 4.74 Å². The number of nitrogens with zero attached hydrogens (tertiary/aromatic N) is 1. The van der Waals surface area contributed by atoms with Crippen LogP contribution in [0, 0.1) is 0 Å². The highest BCUT2D eigenvalue weighted by molar-refractivity contribution is 5.21. The second-order valence-corrected chi connectivity index (χ2v) is 5.68. The number of para-hydroxylation sites is 1. The number of ether oxygens (including phenoxy) is 1. The van der Waals surface area contributed by atoms with Crippen LogP contribution < -0.4 is 10.1 Å². The van der Waals surface area contributed by atoms with Gasteiger partial charge in [-0.15, -0.1) is 0 Å². The van der Waals surface area contributed by atoms with Crippen LogP contribution in [0.1, 0.15) is 18.0 Å². The Bertz CT molecular complexity index is 544. The Balaban J connectivity index is 1.61. The predicted molar refractivity (Wildman–Crippen MR) is 90.2 cm³/mol. The standard InChI is InChI=1S/C19H24N2O/c1-3-8-17(9-4-1)19-16-20-12-7-13-21(19)14-15-22-18-10-5-2-6-11-18/h1-6,8-11,19-20H,7,12-16H2. The first-order chi connectivity index (χ1) is 10.9. The van der Waals surface area contributed by atoms with Crippen molar-refractivity contribution in [3.8, 4) is 5.75 Å². The number of benzene rings is 2. The Hall–Kier alpha value is -1.84. The van der Waals surface area contributed by atoms with Gasteiger partial charge < -0.3 is 10.1 Å². The summed E-state index contributed by atoms with van der Waals surface area (Å²) < 4.78 is 5.87. The first-order valence-corrected chi connectivity index (χ1v) is 8.11. The molecule has 1 fully saturated rings. The van der Waals surface area contributed by atoms with E-state index in [9.17, 15) is 0 Å². The van der Waals surface area contributed by atoms with E-state index in [-0.39, 0.29) is 0 Å². The van der Waals surface area contributed by atoms with Gasteiger partial charge in [0.25, 0.3) is 0 Å². The van der Waals surface area contributed by atoms with E-state index in [2.05, 4.69) is 40.5 Å². The largest absolute Gasteiger partial charge is 0.492 e. The molecule has 1 aliphatic heterocycles. The van der Waals surface area contributed by atoms with Crippen molar-refractivity contribution in [1.82, 2.24) is 10.2 Å². The topological polar surface area (TPSA) is 24.5 Å². The van der Waals surface area contributed by atoms with Gasteiger partial charge in [-0.1, -0.05) is 48.5 Å². The molecule has 0 amide bonds. The number of rotatable bonds is 5. The molecule has 1 aliphatic rings. The molecule has 0 aliphatic carbocycles. The monoisotopic (exact) mass is 296 g/mol. The number of nitrogens with one attached hydrogen (secondary N) is 1. The summed E-state index contributed by atoms with van der Waals surface area (Å²) >= 11 is 0. The van der Waals surface area contributed by atoms with Crippen molar-refractivity contribution in [1.29, 1.82) is 0 Å². The molecule has 3 heteroatoms. The molecule has 1 unspecified atom stereocenters. The molecule has 3 rings (SSSR count). The predicted octanol–water partition coefficient (Wildman–Crippen LogP) is 3.10. The maximum atomic E-state index is 5.87. The fraction of sp³-hybridized carbons (Fsp3) is 0.368. The van der Waals surface area contributed by atoms with E-state index in [1.54, 1.807) is 0 Å². The third-order valence-corrected chi connectivity index (χ3v) is 4.15. The fourth-order valence-corrected chi connectivity index (χ4v) is 3.00. The molecule has 1 saturated heterocycles. The Morgan fingerprint density at radius 2 is 1.73 bits per heavy atom. The zero-order valence-corrected chi connectivity index (χ0v) is 12.9. The van der Waals surface area contributed by atoms with Gasteiger partial charge in [-0.05, 0) is 30.7 Å². The molecule has 2 aromatic carbocycles. The summed E-state index contributed by atoms with van der Waals surface area (Å²) in [5.41, 5.74) is 1.39. The van der Waals surface area contributed by atoms with Crippen LogP contribution in [0.15, 0.2) is 60.7 Å². The van der Waals surface area contributed by atoms with Gasteiger partial charge in [0, 0.05) is 25.7 Å². The van der Waals surface area contributed by atoms with Gasteiger partial charge in [0.05, 0.1) is 0 Å². The Morgan fingerprint density at radius 1 is 1.00 bits per heavy atom. The molecule has 0 bridgehead atoms. The van der Waals surface area contributed by atoms with Crippen molar-refractivity contribution in [2.45, 2.75) is 12.5 Å². The molecule has 22 heavy (non-hydrogen) atoms.